The molecule has 0 saturated carbocycles. The first-order valence-corrected chi connectivity index (χ1v) is 8.56. The zero-order chi connectivity index (χ0) is 16.1. The van der Waals surface area contributed by atoms with Crippen molar-refractivity contribution in [3.05, 3.63) is 34.5 Å². The number of nitrogens with one attached hydrogen (secondary N) is 2. The highest BCUT2D eigenvalue weighted by molar-refractivity contribution is 7.09. The quantitative estimate of drug-likeness (QED) is 0.890. The van der Waals surface area contributed by atoms with E-state index in [1.54, 1.807) is 29.8 Å². The number of urea groups is 1. The molecule has 0 spiro atoms. The predicted octanol–water partition coefficient (Wildman–Crippen LogP) is 1.71. The third-order valence-electron chi connectivity index (χ3n) is 3.66. The maximum atomic E-state index is 12.0. The van der Waals surface area contributed by atoms with Crippen molar-refractivity contribution in [3.8, 4) is 0 Å². The highest BCUT2D eigenvalue weighted by atomic mass is 32.1. The Hall–Kier alpha value is -2.22. The van der Waals surface area contributed by atoms with Gasteiger partial charge in [0.2, 0.25) is 5.95 Å². The van der Waals surface area contributed by atoms with Gasteiger partial charge in [0.25, 0.3) is 0 Å². The van der Waals surface area contributed by atoms with E-state index < -0.39 is 0 Å². The highest BCUT2D eigenvalue weighted by Crippen LogP contribution is 2.15. The van der Waals surface area contributed by atoms with E-state index in [-0.39, 0.29) is 12.1 Å². The van der Waals surface area contributed by atoms with Gasteiger partial charge in [-0.1, -0.05) is 0 Å². The van der Waals surface area contributed by atoms with Crippen LogP contribution in [0.15, 0.2) is 23.8 Å². The maximum absolute atomic E-state index is 12.0. The minimum absolute atomic E-state index is 0.102. The molecule has 3 heterocycles. The molecule has 23 heavy (non-hydrogen) atoms. The lowest BCUT2D eigenvalue weighted by Crippen LogP contribution is -2.50. The highest BCUT2D eigenvalue weighted by Gasteiger charge is 2.22. The molecular formula is C15H20N6OS. The van der Waals surface area contributed by atoms with Gasteiger partial charge >= 0.3 is 6.03 Å². The number of carbonyl (C=O) groups excluding carboxylic acids is 1. The van der Waals surface area contributed by atoms with E-state index >= 15 is 0 Å². The normalized spacial score (nSPS) is 17.8. The predicted molar refractivity (Wildman–Crippen MR) is 89.5 cm³/mol. The van der Waals surface area contributed by atoms with Crippen molar-refractivity contribution in [3.63, 3.8) is 0 Å². The van der Waals surface area contributed by atoms with Gasteiger partial charge in [0, 0.05) is 42.6 Å². The molecule has 8 heteroatoms. The molecule has 1 aliphatic heterocycles. The molecule has 1 aliphatic rings. The standard InChI is InChI=1S/C15H20N6OS/c1-11-10-23-13(19-11)8-18-15(22)20-12-4-2-7-21(9-12)14-16-5-3-6-17-14/h3,5-6,10,12H,2,4,7-9H2,1H3,(H2,18,20,22)/t12-/m0/s1. The Morgan fingerprint density at radius 2 is 2.26 bits per heavy atom. The molecule has 2 aromatic rings. The summed E-state index contributed by atoms with van der Waals surface area (Å²) in [6.45, 7) is 4.06. The topological polar surface area (TPSA) is 83.0 Å². The summed E-state index contributed by atoms with van der Waals surface area (Å²) in [7, 11) is 0. The summed E-state index contributed by atoms with van der Waals surface area (Å²) in [5, 5.41) is 8.78. The number of hydrogen-bond acceptors (Lipinski definition) is 6. The van der Waals surface area contributed by atoms with Crippen molar-refractivity contribution < 1.29 is 4.79 Å². The Morgan fingerprint density at radius 3 is 3.00 bits per heavy atom. The van der Waals surface area contributed by atoms with Crippen LogP contribution in [0.1, 0.15) is 23.5 Å². The first-order chi connectivity index (χ1) is 11.2. The molecular weight excluding hydrogens is 312 g/mol. The Balaban J connectivity index is 1.48. The summed E-state index contributed by atoms with van der Waals surface area (Å²) in [4.78, 5) is 27.0. The summed E-state index contributed by atoms with van der Waals surface area (Å²) in [6.07, 6.45) is 5.45. The molecule has 3 rings (SSSR count). The Morgan fingerprint density at radius 1 is 1.43 bits per heavy atom. The van der Waals surface area contributed by atoms with E-state index in [0.29, 0.717) is 6.54 Å². The van der Waals surface area contributed by atoms with E-state index in [9.17, 15) is 4.79 Å². The van der Waals surface area contributed by atoms with Gasteiger partial charge in [-0.2, -0.15) is 0 Å². The molecule has 1 fully saturated rings. The number of anilines is 1. The van der Waals surface area contributed by atoms with Gasteiger partial charge < -0.3 is 15.5 Å². The lowest BCUT2D eigenvalue weighted by atomic mass is 10.1. The summed E-state index contributed by atoms with van der Waals surface area (Å²) in [5.74, 6) is 0.720. The van der Waals surface area contributed by atoms with Gasteiger partial charge in [0.15, 0.2) is 0 Å². The largest absolute Gasteiger partial charge is 0.339 e. The van der Waals surface area contributed by atoms with E-state index in [4.69, 9.17) is 0 Å². The summed E-state index contributed by atoms with van der Waals surface area (Å²) >= 11 is 1.56. The van der Waals surface area contributed by atoms with Crippen LogP contribution in [0.3, 0.4) is 0 Å². The van der Waals surface area contributed by atoms with E-state index in [1.165, 1.54) is 0 Å². The second-order valence-electron chi connectivity index (χ2n) is 5.54. The molecule has 2 amide bonds. The Kier molecular flexibility index (Phi) is 5.02. The van der Waals surface area contributed by atoms with Gasteiger partial charge in [-0.3, -0.25) is 0 Å². The van der Waals surface area contributed by atoms with Crippen molar-refractivity contribution in [1.29, 1.82) is 0 Å². The molecule has 0 radical (unpaired) electrons. The fourth-order valence-electron chi connectivity index (χ4n) is 2.61. The van der Waals surface area contributed by atoms with Crippen molar-refractivity contribution in [2.45, 2.75) is 32.4 Å². The molecule has 122 valence electrons. The molecule has 1 saturated heterocycles. The Bertz CT molecular complexity index is 646. The fraction of sp³-hybridized carbons (Fsp3) is 0.467. The van der Waals surface area contributed by atoms with Crippen LogP contribution in [-0.2, 0) is 6.54 Å². The number of aromatic nitrogens is 3. The van der Waals surface area contributed by atoms with Crippen LogP contribution in [0.4, 0.5) is 10.7 Å². The first-order valence-electron chi connectivity index (χ1n) is 7.68. The average Bonchev–Trinajstić information content (AvgIpc) is 3.00. The lowest BCUT2D eigenvalue weighted by Gasteiger charge is -2.33. The number of hydrogen-bond donors (Lipinski definition) is 2. The minimum Gasteiger partial charge on any atom is -0.339 e. The van der Waals surface area contributed by atoms with Crippen LogP contribution < -0.4 is 15.5 Å². The smallest absolute Gasteiger partial charge is 0.315 e. The number of thiazole rings is 1. The second-order valence-corrected chi connectivity index (χ2v) is 6.49. The van der Waals surface area contributed by atoms with Crippen molar-refractivity contribution >= 4 is 23.3 Å². The summed E-state index contributed by atoms with van der Waals surface area (Å²) in [6, 6.07) is 1.75. The van der Waals surface area contributed by atoms with E-state index in [2.05, 4.69) is 30.5 Å². The number of aryl methyl sites for hydroxylation is 1. The minimum atomic E-state index is -0.154. The molecule has 2 N–H and O–H groups in total. The van der Waals surface area contributed by atoms with Crippen LogP contribution in [0, 0.1) is 6.92 Å². The van der Waals surface area contributed by atoms with Gasteiger partial charge in [-0.05, 0) is 25.8 Å². The molecule has 7 nitrogen and oxygen atoms in total. The number of carbonyl (C=O) groups is 1. The van der Waals surface area contributed by atoms with Gasteiger partial charge in [0.1, 0.15) is 5.01 Å². The number of amides is 2. The summed E-state index contributed by atoms with van der Waals surface area (Å²) in [5.41, 5.74) is 0.984. The third-order valence-corrected chi connectivity index (χ3v) is 4.63. The van der Waals surface area contributed by atoms with Crippen LogP contribution in [0.25, 0.3) is 0 Å². The van der Waals surface area contributed by atoms with Crippen molar-refractivity contribution in [2.75, 3.05) is 18.0 Å². The monoisotopic (exact) mass is 332 g/mol. The zero-order valence-electron chi connectivity index (χ0n) is 13.0. The number of piperidine rings is 1. The molecule has 1 atom stereocenters. The SMILES string of the molecule is Cc1csc(CNC(=O)N[C@H]2CCCN(c3ncccn3)C2)n1. The van der Waals surface area contributed by atoms with Crippen molar-refractivity contribution in [1.82, 2.24) is 25.6 Å². The molecule has 0 unspecified atom stereocenters. The Labute approximate surface area is 139 Å². The molecule has 2 aromatic heterocycles. The first kappa shape index (κ1) is 15.7. The second kappa shape index (κ2) is 7.36. The fourth-order valence-corrected chi connectivity index (χ4v) is 3.32. The zero-order valence-corrected chi connectivity index (χ0v) is 13.8. The molecule has 0 aromatic carbocycles. The van der Waals surface area contributed by atoms with Crippen LogP contribution in [0.2, 0.25) is 0 Å². The van der Waals surface area contributed by atoms with Gasteiger partial charge in [0.05, 0.1) is 6.54 Å². The lowest BCUT2D eigenvalue weighted by molar-refractivity contribution is 0.234. The van der Waals surface area contributed by atoms with Gasteiger partial charge in [-0.15, -0.1) is 11.3 Å². The maximum Gasteiger partial charge on any atom is 0.315 e. The molecule has 0 bridgehead atoms. The van der Waals surface area contributed by atoms with Crippen LogP contribution >= 0.6 is 11.3 Å². The van der Waals surface area contributed by atoms with Crippen molar-refractivity contribution in [2.24, 2.45) is 0 Å². The van der Waals surface area contributed by atoms with E-state index in [0.717, 1.165) is 42.6 Å². The van der Waals surface area contributed by atoms with Crippen LogP contribution in [0.5, 0.6) is 0 Å². The summed E-state index contributed by atoms with van der Waals surface area (Å²) < 4.78 is 0. The third kappa shape index (κ3) is 4.38. The van der Waals surface area contributed by atoms with Crippen LogP contribution in [-0.4, -0.2) is 40.1 Å². The van der Waals surface area contributed by atoms with E-state index in [1.807, 2.05) is 12.3 Å². The number of nitrogens with zero attached hydrogens (tertiary/aromatic N) is 4. The van der Waals surface area contributed by atoms with Gasteiger partial charge in [-0.25, -0.2) is 19.7 Å². The molecule has 0 aliphatic carbocycles. The number of rotatable bonds is 4. The average molecular weight is 332 g/mol.